The molecule has 0 saturated heterocycles. The lowest BCUT2D eigenvalue weighted by Crippen LogP contribution is -2.28. The molecule has 0 aliphatic heterocycles. The Morgan fingerprint density at radius 3 is 2.52 bits per heavy atom. The number of nitrogens with two attached hydrogens (primary N) is 1. The maximum atomic E-state index is 13.2. The molecule has 5 nitrogen and oxygen atoms in total. The summed E-state index contributed by atoms with van der Waals surface area (Å²) in [5.74, 6) is -2.24. The predicted octanol–water partition coefficient (Wildman–Crippen LogP) is 2.64. The summed E-state index contributed by atoms with van der Waals surface area (Å²) in [5.41, 5.74) is 6.69. The molecule has 0 bridgehead atoms. The number of nitrogens with zero attached hydrogens (tertiary/aromatic N) is 1. The van der Waals surface area contributed by atoms with E-state index in [1.54, 1.807) is 20.8 Å². The van der Waals surface area contributed by atoms with Crippen molar-refractivity contribution in [2.24, 2.45) is 0 Å². The molecule has 2 rings (SSSR count). The average Bonchev–Trinajstić information content (AvgIpc) is 2.73. The molecule has 0 aliphatic rings. The van der Waals surface area contributed by atoms with Gasteiger partial charge in [-0.2, -0.15) is 0 Å². The van der Waals surface area contributed by atoms with Crippen LogP contribution in [0.5, 0.6) is 0 Å². The van der Waals surface area contributed by atoms with E-state index in [1.165, 1.54) is 0 Å². The van der Waals surface area contributed by atoms with Crippen LogP contribution in [0.2, 0.25) is 0 Å². The molecule has 0 fully saturated rings. The molecule has 1 aromatic carbocycles. The largest absolute Gasteiger partial charge is 0.398 e. The highest BCUT2D eigenvalue weighted by atomic mass is 19.2. The summed E-state index contributed by atoms with van der Waals surface area (Å²) in [7, 11) is 0. The van der Waals surface area contributed by atoms with Crippen LogP contribution < -0.4 is 11.1 Å². The molecule has 0 saturated carbocycles. The second-order valence-electron chi connectivity index (χ2n) is 4.79. The molecule has 2 aromatic rings. The van der Waals surface area contributed by atoms with Crippen LogP contribution in [0, 0.1) is 25.5 Å². The van der Waals surface area contributed by atoms with Gasteiger partial charge in [-0.05, 0) is 26.8 Å². The number of aromatic nitrogens is 1. The molecule has 1 aromatic heterocycles. The van der Waals surface area contributed by atoms with Crippen molar-refractivity contribution in [3.05, 3.63) is 46.3 Å². The number of anilines is 1. The Balaban J connectivity index is 2.24. The van der Waals surface area contributed by atoms with Crippen LogP contribution in [0.4, 0.5) is 14.5 Å². The molecule has 7 heteroatoms. The van der Waals surface area contributed by atoms with Crippen molar-refractivity contribution in [3.63, 3.8) is 0 Å². The molecule has 0 spiro atoms. The van der Waals surface area contributed by atoms with Crippen molar-refractivity contribution in [3.8, 4) is 0 Å². The zero-order chi connectivity index (χ0) is 15.7. The smallest absolute Gasteiger partial charge is 0.253 e. The van der Waals surface area contributed by atoms with Gasteiger partial charge in [-0.15, -0.1) is 0 Å². The highest BCUT2D eigenvalue weighted by Crippen LogP contribution is 2.23. The zero-order valence-electron chi connectivity index (χ0n) is 11.8. The van der Waals surface area contributed by atoms with Gasteiger partial charge in [0.25, 0.3) is 5.91 Å². The molecule has 1 unspecified atom stereocenters. The zero-order valence-corrected chi connectivity index (χ0v) is 11.8. The van der Waals surface area contributed by atoms with Gasteiger partial charge in [-0.3, -0.25) is 4.79 Å². The number of hydrogen-bond acceptors (Lipinski definition) is 4. The summed E-state index contributed by atoms with van der Waals surface area (Å²) in [6.07, 6.45) is 0. The van der Waals surface area contributed by atoms with Gasteiger partial charge in [-0.25, -0.2) is 8.78 Å². The number of benzene rings is 1. The molecule has 0 aliphatic carbocycles. The summed E-state index contributed by atoms with van der Waals surface area (Å²) >= 11 is 0. The SMILES string of the molecule is Cc1noc(C)c1C(C)NC(=O)c1cc(F)c(F)cc1N. The number of carbonyl (C=O) groups is 1. The van der Waals surface area contributed by atoms with E-state index in [9.17, 15) is 13.6 Å². The second kappa shape index (κ2) is 5.51. The highest BCUT2D eigenvalue weighted by Gasteiger charge is 2.21. The lowest BCUT2D eigenvalue weighted by Gasteiger charge is -2.15. The van der Waals surface area contributed by atoms with Crippen LogP contribution in [0.25, 0.3) is 0 Å². The molecule has 21 heavy (non-hydrogen) atoms. The van der Waals surface area contributed by atoms with E-state index in [4.69, 9.17) is 10.3 Å². The van der Waals surface area contributed by atoms with Crippen molar-refractivity contribution in [2.45, 2.75) is 26.8 Å². The fourth-order valence-corrected chi connectivity index (χ4v) is 2.21. The van der Waals surface area contributed by atoms with E-state index in [0.717, 1.165) is 17.7 Å². The molecule has 1 heterocycles. The Hall–Kier alpha value is -2.44. The molecular formula is C14H15F2N3O2. The molecule has 1 atom stereocenters. The van der Waals surface area contributed by atoms with Crippen LogP contribution in [-0.4, -0.2) is 11.1 Å². The Labute approximate surface area is 120 Å². The van der Waals surface area contributed by atoms with Crippen molar-refractivity contribution >= 4 is 11.6 Å². The first-order chi connectivity index (χ1) is 9.81. The van der Waals surface area contributed by atoms with Crippen LogP contribution in [0.1, 0.15) is 40.3 Å². The fraction of sp³-hybridized carbons (Fsp3) is 0.286. The molecule has 0 radical (unpaired) electrons. The van der Waals surface area contributed by atoms with Gasteiger partial charge in [0.1, 0.15) is 5.76 Å². The summed E-state index contributed by atoms with van der Waals surface area (Å²) in [6.45, 7) is 5.21. The fourth-order valence-electron chi connectivity index (χ4n) is 2.21. The molecule has 112 valence electrons. The molecular weight excluding hydrogens is 280 g/mol. The number of aryl methyl sites for hydroxylation is 2. The van der Waals surface area contributed by atoms with E-state index in [2.05, 4.69) is 10.5 Å². The van der Waals surface area contributed by atoms with Gasteiger partial charge < -0.3 is 15.6 Å². The summed E-state index contributed by atoms with van der Waals surface area (Å²) in [4.78, 5) is 12.1. The van der Waals surface area contributed by atoms with E-state index in [-0.39, 0.29) is 11.3 Å². The number of halogens is 2. The summed E-state index contributed by atoms with van der Waals surface area (Å²) in [5, 5.41) is 6.46. The Morgan fingerprint density at radius 2 is 1.95 bits per heavy atom. The average molecular weight is 295 g/mol. The summed E-state index contributed by atoms with van der Waals surface area (Å²) < 4.78 is 31.3. The van der Waals surface area contributed by atoms with Crippen LogP contribution >= 0.6 is 0 Å². The third kappa shape index (κ3) is 2.86. The third-order valence-corrected chi connectivity index (χ3v) is 3.21. The van der Waals surface area contributed by atoms with Gasteiger partial charge in [0, 0.05) is 17.3 Å². The minimum absolute atomic E-state index is 0.118. The second-order valence-corrected chi connectivity index (χ2v) is 4.79. The van der Waals surface area contributed by atoms with Crippen molar-refractivity contribution in [1.82, 2.24) is 10.5 Å². The number of nitrogen functional groups attached to an aromatic ring is 1. The number of amides is 1. The van der Waals surface area contributed by atoms with Crippen molar-refractivity contribution in [2.75, 3.05) is 5.73 Å². The quantitative estimate of drug-likeness (QED) is 0.853. The van der Waals surface area contributed by atoms with Crippen molar-refractivity contribution in [1.29, 1.82) is 0 Å². The first kappa shape index (κ1) is 15.0. The lowest BCUT2D eigenvalue weighted by molar-refractivity contribution is 0.0940. The van der Waals surface area contributed by atoms with E-state index < -0.39 is 23.6 Å². The minimum atomic E-state index is -1.13. The lowest BCUT2D eigenvalue weighted by atomic mass is 10.1. The number of carbonyl (C=O) groups excluding carboxylic acids is 1. The van der Waals surface area contributed by atoms with E-state index in [0.29, 0.717) is 11.5 Å². The van der Waals surface area contributed by atoms with Crippen LogP contribution in [0.3, 0.4) is 0 Å². The number of nitrogens with one attached hydrogen (secondary N) is 1. The Bertz CT molecular complexity index is 678. The Morgan fingerprint density at radius 1 is 1.33 bits per heavy atom. The minimum Gasteiger partial charge on any atom is -0.398 e. The Kier molecular flexibility index (Phi) is 3.93. The first-order valence-corrected chi connectivity index (χ1v) is 6.29. The first-order valence-electron chi connectivity index (χ1n) is 6.29. The molecule has 1 amide bonds. The van der Waals surface area contributed by atoms with Crippen molar-refractivity contribution < 1.29 is 18.1 Å². The van der Waals surface area contributed by atoms with Gasteiger partial charge in [-0.1, -0.05) is 5.16 Å². The number of hydrogen-bond donors (Lipinski definition) is 2. The maximum Gasteiger partial charge on any atom is 0.253 e. The monoisotopic (exact) mass is 295 g/mol. The highest BCUT2D eigenvalue weighted by molar-refractivity contribution is 5.99. The molecule has 3 N–H and O–H groups in total. The topological polar surface area (TPSA) is 81.2 Å². The number of rotatable bonds is 3. The predicted molar refractivity (Wildman–Crippen MR) is 72.6 cm³/mol. The maximum absolute atomic E-state index is 13.2. The third-order valence-electron chi connectivity index (χ3n) is 3.21. The van der Waals surface area contributed by atoms with Gasteiger partial charge in [0.05, 0.1) is 17.3 Å². The van der Waals surface area contributed by atoms with E-state index >= 15 is 0 Å². The van der Waals surface area contributed by atoms with E-state index in [1.807, 2.05) is 0 Å². The normalized spacial score (nSPS) is 12.2. The van der Waals surface area contributed by atoms with Gasteiger partial charge >= 0.3 is 0 Å². The van der Waals surface area contributed by atoms with Crippen LogP contribution in [0.15, 0.2) is 16.7 Å². The van der Waals surface area contributed by atoms with Gasteiger partial charge in [0.2, 0.25) is 0 Å². The standard InChI is InChI=1S/C14H15F2N3O2/c1-6(13-7(2)19-21-8(13)3)18-14(20)9-4-10(15)11(16)5-12(9)17/h4-6H,17H2,1-3H3,(H,18,20). The summed E-state index contributed by atoms with van der Waals surface area (Å²) in [6, 6.07) is 1.15. The van der Waals surface area contributed by atoms with Gasteiger partial charge in [0.15, 0.2) is 11.6 Å². The van der Waals surface area contributed by atoms with Crippen LogP contribution in [-0.2, 0) is 0 Å².